The first-order chi connectivity index (χ1) is 34.6. The number of carboxylic acid groups (broad SMARTS) is 1. The fourth-order valence-electron chi connectivity index (χ4n) is 7.78. The molecule has 1 aliphatic heterocycles. The van der Waals surface area contributed by atoms with Gasteiger partial charge < -0.3 is 39.0 Å². The van der Waals surface area contributed by atoms with Crippen molar-refractivity contribution in [3.05, 3.63) is 85.1 Å². The summed E-state index contributed by atoms with van der Waals surface area (Å²) in [6.07, 6.45) is 47.1. The Labute approximate surface area is 429 Å². The summed E-state index contributed by atoms with van der Waals surface area (Å²) >= 11 is 0. The van der Waals surface area contributed by atoms with Gasteiger partial charge in [0.1, 0.15) is 18.8 Å². The lowest BCUT2D eigenvalue weighted by molar-refractivity contribution is -0.301. The lowest BCUT2D eigenvalue weighted by Gasteiger charge is -2.40. The van der Waals surface area contributed by atoms with Crippen molar-refractivity contribution in [3.63, 3.8) is 0 Å². The summed E-state index contributed by atoms with van der Waals surface area (Å²) in [7, 11) is 0. The number of carboxylic acids is 1. The highest BCUT2D eigenvalue weighted by Gasteiger charge is 2.50. The summed E-state index contributed by atoms with van der Waals surface area (Å²) in [6.45, 7) is 5.68. The molecule has 0 bridgehead atoms. The number of unbranched alkanes of at least 4 members (excludes halogenated alkanes) is 17. The van der Waals surface area contributed by atoms with Gasteiger partial charge in [0.25, 0.3) is 0 Å². The standard InChI is InChI=1S/C59H96O12/c1-4-7-10-13-16-19-22-25-26-29-30-33-36-39-42-45-51(60)67-48-50(69-52(61)46-43-40-37-34-31-27-23-20-17-14-11-8-5-2)49-68-59-57(55(64)54(63)56(71-59)58(65)66)70-53(62)47-44-41-38-35-32-28-24-21-18-15-12-9-6-3/h7-8,10-11,16-17,19-20,25-27,30-31,33,50,54-57,59,63-64H,4-6,9,12-15,18,21-24,28-29,32,34-49H2,1-3H3,(H,65,66)/b10-7-,11-8-,19-16-,20-17-,26-25-,31-27-,33-30-. The first kappa shape index (κ1) is 64.9. The minimum Gasteiger partial charge on any atom is -0.479 e. The minimum atomic E-state index is -1.91. The summed E-state index contributed by atoms with van der Waals surface area (Å²) in [5.41, 5.74) is 0. The molecule has 0 aromatic carbocycles. The van der Waals surface area contributed by atoms with Gasteiger partial charge in [-0.15, -0.1) is 0 Å². The fraction of sp³-hybridized carbons (Fsp3) is 0.695. The monoisotopic (exact) mass is 997 g/mol. The Hall–Kier alpha value is -4.10. The molecule has 1 heterocycles. The molecule has 0 radical (unpaired) electrons. The molecular weight excluding hydrogens is 901 g/mol. The molecule has 12 heteroatoms. The van der Waals surface area contributed by atoms with Gasteiger partial charge in [-0.25, -0.2) is 4.79 Å². The van der Waals surface area contributed by atoms with Gasteiger partial charge in [0.2, 0.25) is 0 Å². The average molecular weight is 997 g/mol. The Bertz CT molecular complexity index is 1560. The second kappa shape index (κ2) is 46.9. The predicted molar refractivity (Wildman–Crippen MR) is 284 cm³/mol. The van der Waals surface area contributed by atoms with E-state index in [0.717, 1.165) is 103 Å². The van der Waals surface area contributed by atoms with E-state index in [-0.39, 0.29) is 25.9 Å². The molecule has 71 heavy (non-hydrogen) atoms. The number of aliphatic hydroxyl groups excluding tert-OH is 2. The molecular formula is C59H96O12. The second-order valence-electron chi connectivity index (χ2n) is 18.5. The molecule has 1 saturated heterocycles. The zero-order valence-corrected chi connectivity index (χ0v) is 44.2. The third-order valence-corrected chi connectivity index (χ3v) is 12.0. The largest absolute Gasteiger partial charge is 0.479 e. The van der Waals surface area contributed by atoms with Crippen molar-refractivity contribution in [2.24, 2.45) is 0 Å². The van der Waals surface area contributed by atoms with E-state index in [1.54, 1.807) is 0 Å². The molecule has 6 atom stereocenters. The zero-order chi connectivity index (χ0) is 51.8. The van der Waals surface area contributed by atoms with Crippen molar-refractivity contribution < 1.29 is 58.2 Å². The summed E-state index contributed by atoms with van der Waals surface area (Å²) in [5, 5.41) is 31.4. The average Bonchev–Trinajstić information content (AvgIpc) is 3.35. The Morgan fingerprint density at radius 2 is 0.887 bits per heavy atom. The van der Waals surface area contributed by atoms with Gasteiger partial charge in [-0.05, 0) is 89.9 Å². The molecule has 0 aromatic heterocycles. The van der Waals surface area contributed by atoms with Crippen LogP contribution in [0.15, 0.2) is 85.1 Å². The number of allylic oxidation sites excluding steroid dienone is 14. The minimum absolute atomic E-state index is 0.0522. The van der Waals surface area contributed by atoms with Crippen LogP contribution in [0, 0.1) is 0 Å². The summed E-state index contributed by atoms with van der Waals surface area (Å²) in [4.78, 5) is 50.9. The van der Waals surface area contributed by atoms with Gasteiger partial charge in [-0.3, -0.25) is 14.4 Å². The van der Waals surface area contributed by atoms with E-state index < -0.39 is 67.3 Å². The number of hydrogen-bond acceptors (Lipinski definition) is 11. The third kappa shape index (κ3) is 37.3. The van der Waals surface area contributed by atoms with Crippen molar-refractivity contribution >= 4 is 23.9 Å². The van der Waals surface area contributed by atoms with Crippen LogP contribution in [-0.4, -0.2) is 89.2 Å². The maximum atomic E-state index is 13.1. The van der Waals surface area contributed by atoms with Gasteiger partial charge in [0.15, 0.2) is 24.6 Å². The normalized spacial score (nSPS) is 19.1. The van der Waals surface area contributed by atoms with E-state index >= 15 is 0 Å². The number of ether oxygens (including phenoxy) is 5. The summed E-state index contributed by atoms with van der Waals surface area (Å²) in [5.74, 6) is -3.22. The van der Waals surface area contributed by atoms with Gasteiger partial charge in [0, 0.05) is 19.3 Å². The first-order valence-corrected chi connectivity index (χ1v) is 27.6. The third-order valence-electron chi connectivity index (χ3n) is 12.0. The zero-order valence-electron chi connectivity index (χ0n) is 44.2. The summed E-state index contributed by atoms with van der Waals surface area (Å²) in [6, 6.07) is 0. The highest BCUT2D eigenvalue weighted by atomic mass is 16.7. The van der Waals surface area contributed by atoms with Gasteiger partial charge in [-0.2, -0.15) is 0 Å². The van der Waals surface area contributed by atoms with Crippen LogP contribution in [0.2, 0.25) is 0 Å². The lowest BCUT2D eigenvalue weighted by Crippen LogP contribution is -2.61. The maximum absolute atomic E-state index is 13.1. The van der Waals surface area contributed by atoms with Crippen LogP contribution >= 0.6 is 0 Å². The predicted octanol–water partition coefficient (Wildman–Crippen LogP) is 13.6. The van der Waals surface area contributed by atoms with Gasteiger partial charge in [0.05, 0.1) is 6.61 Å². The Morgan fingerprint density at radius 3 is 1.38 bits per heavy atom. The SMILES string of the molecule is CC/C=C\C/C=C\C/C=C\C/C=C\CCCCC(=O)OCC(COC1OC(C(=O)O)C(O)C(O)C1OC(=O)CCCCCCCCCCCCCCC)OC(=O)CCCCC/C=C\C/C=C\C/C=C\CC. The Kier molecular flexibility index (Phi) is 42.9. The van der Waals surface area contributed by atoms with Crippen molar-refractivity contribution in [3.8, 4) is 0 Å². The smallest absolute Gasteiger partial charge is 0.335 e. The number of hydrogen-bond donors (Lipinski definition) is 3. The Balaban J connectivity index is 2.76. The molecule has 3 N–H and O–H groups in total. The van der Waals surface area contributed by atoms with Crippen LogP contribution in [-0.2, 0) is 42.9 Å². The highest BCUT2D eigenvalue weighted by molar-refractivity contribution is 5.74. The molecule has 6 unspecified atom stereocenters. The molecule has 0 spiro atoms. The Morgan fingerprint density at radius 1 is 0.479 bits per heavy atom. The number of esters is 3. The van der Waals surface area contributed by atoms with Crippen LogP contribution in [0.1, 0.15) is 213 Å². The van der Waals surface area contributed by atoms with Crippen LogP contribution in [0.3, 0.4) is 0 Å². The number of rotatable bonds is 45. The molecule has 0 amide bonds. The van der Waals surface area contributed by atoms with E-state index in [2.05, 4.69) is 106 Å². The number of carbonyl (C=O) groups is 4. The molecule has 404 valence electrons. The lowest BCUT2D eigenvalue weighted by atomic mass is 9.98. The van der Waals surface area contributed by atoms with E-state index in [1.165, 1.54) is 51.4 Å². The first-order valence-electron chi connectivity index (χ1n) is 27.6. The molecule has 0 saturated carbocycles. The second-order valence-corrected chi connectivity index (χ2v) is 18.5. The molecule has 0 aromatic rings. The maximum Gasteiger partial charge on any atom is 0.335 e. The quantitative estimate of drug-likeness (QED) is 0.0228. The molecule has 1 fully saturated rings. The highest BCUT2D eigenvalue weighted by Crippen LogP contribution is 2.26. The van der Waals surface area contributed by atoms with Crippen LogP contribution < -0.4 is 0 Å². The van der Waals surface area contributed by atoms with Crippen molar-refractivity contribution in [2.45, 2.75) is 250 Å². The molecule has 0 aliphatic carbocycles. The van der Waals surface area contributed by atoms with E-state index in [4.69, 9.17) is 23.7 Å². The van der Waals surface area contributed by atoms with Crippen LogP contribution in [0.5, 0.6) is 0 Å². The fourth-order valence-corrected chi connectivity index (χ4v) is 7.78. The topological polar surface area (TPSA) is 175 Å². The van der Waals surface area contributed by atoms with Crippen LogP contribution in [0.25, 0.3) is 0 Å². The van der Waals surface area contributed by atoms with E-state index in [0.29, 0.717) is 19.3 Å². The molecule has 12 nitrogen and oxygen atoms in total. The van der Waals surface area contributed by atoms with Crippen molar-refractivity contribution in [2.75, 3.05) is 13.2 Å². The van der Waals surface area contributed by atoms with E-state index in [1.807, 2.05) is 0 Å². The van der Waals surface area contributed by atoms with Crippen molar-refractivity contribution in [1.29, 1.82) is 0 Å². The number of carbonyl (C=O) groups excluding carboxylic acids is 3. The molecule has 1 aliphatic rings. The van der Waals surface area contributed by atoms with Crippen LogP contribution in [0.4, 0.5) is 0 Å². The summed E-state index contributed by atoms with van der Waals surface area (Å²) < 4.78 is 28.3. The van der Waals surface area contributed by atoms with Gasteiger partial charge in [-0.1, -0.05) is 189 Å². The number of aliphatic hydroxyl groups is 2. The molecule has 1 rings (SSSR count). The van der Waals surface area contributed by atoms with Crippen molar-refractivity contribution in [1.82, 2.24) is 0 Å². The van der Waals surface area contributed by atoms with Gasteiger partial charge >= 0.3 is 23.9 Å². The van der Waals surface area contributed by atoms with E-state index in [9.17, 15) is 34.5 Å². The number of aliphatic carboxylic acids is 1.